The van der Waals surface area contributed by atoms with E-state index >= 15 is 0 Å². The molecule has 0 bridgehead atoms. The first-order valence-corrected chi connectivity index (χ1v) is 4.59. The Bertz CT molecular complexity index is 274. The zero-order valence-corrected chi connectivity index (χ0v) is 8.26. The molecule has 0 heterocycles. The lowest BCUT2D eigenvalue weighted by molar-refractivity contribution is -0.133. The van der Waals surface area contributed by atoms with Crippen LogP contribution in [0.3, 0.4) is 0 Å². The number of carbonyl (C=O) groups is 1. The van der Waals surface area contributed by atoms with Gasteiger partial charge < -0.3 is 5.11 Å². The van der Waals surface area contributed by atoms with Crippen molar-refractivity contribution in [3.8, 4) is 0 Å². The number of hydrogen-bond acceptors (Lipinski definition) is 1. The lowest BCUT2D eigenvalue weighted by Gasteiger charge is -2.24. The highest BCUT2D eigenvalue weighted by molar-refractivity contribution is 5.87. The van der Waals surface area contributed by atoms with E-state index in [2.05, 4.69) is 6.58 Å². The summed E-state index contributed by atoms with van der Waals surface area (Å²) < 4.78 is 0. The van der Waals surface area contributed by atoms with Gasteiger partial charge in [-0.05, 0) is 39.0 Å². The zero-order chi connectivity index (χ0) is 10.0. The fraction of sp³-hybridized carbons (Fsp3) is 0.545. The molecule has 1 N–H and O–H groups in total. The van der Waals surface area contributed by atoms with Gasteiger partial charge in [-0.25, -0.2) is 4.79 Å². The normalized spacial score (nSPS) is 23.1. The van der Waals surface area contributed by atoms with Crippen molar-refractivity contribution >= 4 is 5.97 Å². The van der Waals surface area contributed by atoms with Crippen molar-refractivity contribution in [3.05, 3.63) is 23.3 Å². The molecule has 13 heavy (non-hydrogen) atoms. The summed E-state index contributed by atoms with van der Waals surface area (Å²) in [6, 6.07) is 0. The third kappa shape index (κ3) is 2.20. The number of rotatable bonds is 2. The van der Waals surface area contributed by atoms with Gasteiger partial charge in [-0.1, -0.05) is 17.7 Å². The summed E-state index contributed by atoms with van der Waals surface area (Å²) in [4.78, 5) is 10.8. The lowest BCUT2D eigenvalue weighted by Crippen LogP contribution is -2.14. The van der Waals surface area contributed by atoms with Crippen LogP contribution in [0.5, 0.6) is 0 Å². The van der Waals surface area contributed by atoms with Crippen LogP contribution >= 0.6 is 0 Å². The van der Waals surface area contributed by atoms with E-state index in [1.807, 2.05) is 13.8 Å². The highest BCUT2D eigenvalue weighted by Gasteiger charge is 2.22. The Balaban J connectivity index is 2.78. The van der Waals surface area contributed by atoms with Gasteiger partial charge in [-0.15, -0.1) is 0 Å². The van der Waals surface area contributed by atoms with Crippen LogP contribution in [0.2, 0.25) is 0 Å². The average Bonchev–Trinajstić information content (AvgIpc) is 2.03. The summed E-state index contributed by atoms with van der Waals surface area (Å²) in [5.74, 6) is -0.263. The third-order valence-electron chi connectivity index (χ3n) is 2.77. The van der Waals surface area contributed by atoms with E-state index < -0.39 is 5.97 Å². The number of hydrogen-bond donors (Lipinski definition) is 1. The van der Waals surface area contributed by atoms with Crippen molar-refractivity contribution in [1.82, 2.24) is 0 Å². The topological polar surface area (TPSA) is 37.3 Å². The molecule has 0 spiro atoms. The first kappa shape index (κ1) is 10.0. The minimum Gasteiger partial charge on any atom is -0.478 e. The van der Waals surface area contributed by atoms with Crippen molar-refractivity contribution in [2.75, 3.05) is 0 Å². The Morgan fingerprint density at radius 1 is 1.62 bits per heavy atom. The number of allylic oxidation sites excluding steroid dienone is 2. The summed E-state index contributed by atoms with van der Waals surface area (Å²) in [5.41, 5.74) is 2.80. The van der Waals surface area contributed by atoms with Gasteiger partial charge in [0.05, 0.1) is 0 Å². The van der Waals surface area contributed by atoms with Gasteiger partial charge in [0.15, 0.2) is 0 Å². The van der Waals surface area contributed by atoms with Crippen LogP contribution in [0.4, 0.5) is 0 Å². The maximum Gasteiger partial charge on any atom is 0.331 e. The van der Waals surface area contributed by atoms with Crippen LogP contribution in [0, 0.1) is 5.92 Å². The summed E-state index contributed by atoms with van der Waals surface area (Å²) in [6.07, 6.45) is 2.50. The van der Waals surface area contributed by atoms with Crippen molar-refractivity contribution < 1.29 is 9.90 Å². The Morgan fingerprint density at radius 2 is 2.23 bits per heavy atom. The molecule has 1 rings (SSSR count). The molecular weight excluding hydrogens is 164 g/mol. The van der Waals surface area contributed by atoms with Crippen molar-refractivity contribution in [1.29, 1.82) is 0 Å². The van der Waals surface area contributed by atoms with E-state index in [1.165, 1.54) is 5.57 Å². The second-order valence-corrected chi connectivity index (χ2v) is 3.85. The monoisotopic (exact) mass is 180 g/mol. The summed E-state index contributed by atoms with van der Waals surface area (Å²) in [7, 11) is 0. The molecule has 1 unspecified atom stereocenters. The van der Waals surface area contributed by atoms with Crippen LogP contribution in [-0.2, 0) is 4.79 Å². The smallest absolute Gasteiger partial charge is 0.331 e. The van der Waals surface area contributed by atoms with Crippen molar-refractivity contribution in [3.63, 3.8) is 0 Å². The predicted octanol–water partition coefficient (Wildman–Crippen LogP) is 2.76. The molecule has 0 saturated carbocycles. The molecule has 0 aromatic rings. The molecule has 72 valence electrons. The van der Waals surface area contributed by atoms with Gasteiger partial charge in [-0.2, -0.15) is 0 Å². The highest BCUT2D eigenvalue weighted by atomic mass is 16.4. The van der Waals surface area contributed by atoms with Crippen molar-refractivity contribution in [2.45, 2.75) is 33.1 Å². The van der Waals surface area contributed by atoms with E-state index in [0.717, 1.165) is 18.4 Å². The van der Waals surface area contributed by atoms with E-state index in [4.69, 9.17) is 5.11 Å². The molecule has 1 aliphatic rings. The van der Waals surface area contributed by atoms with Crippen LogP contribution in [0.25, 0.3) is 0 Å². The quantitative estimate of drug-likeness (QED) is 0.663. The maximum atomic E-state index is 10.8. The van der Waals surface area contributed by atoms with Gasteiger partial charge >= 0.3 is 5.97 Å². The second kappa shape index (κ2) is 3.77. The molecule has 0 aliphatic heterocycles. The van der Waals surface area contributed by atoms with E-state index in [1.54, 1.807) is 0 Å². The van der Waals surface area contributed by atoms with Gasteiger partial charge in [0, 0.05) is 5.57 Å². The first-order valence-electron chi connectivity index (χ1n) is 4.59. The first-order chi connectivity index (χ1) is 6.02. The van der Waals surface area contributed by atoms with Crippen LogP contribution < -0.4 is 0 Å². The SMILES string of the molecule is C=C(C)C1CCC(C(=O)O)=C(C)C1. The largest absolute Gasteiger partial charge is 0.478 e. The minimum atomic E-state index is -0.752. The molecule has 0 fully saturated rings. The van der Waals surface area contributed by atoms with Gasteiger partial charge in [0.1, 0.15) is 0 Å². The Morgan fingerprint density at radius 3 is 2.62 bits per heavy atom. The summed E-state index contributed by atoms with van der Waals surface area (Å²) in [5, 5.41) is 8.85. The van der Waals surface area contributed by atoms with Crippen LogP contribution in [0.1, 0.15) is 33.1 Å². The Labute approximate surface area is 79.0 Å². The molecule has 2 nitrogen and oxygen atoms in total. The average molecular weight is 180 g/mol. The van der Waals surface area contributed by atoms with E-state index in [-0.39, 0.29) is 0 Å². The summed E-state index contributed by atoms with van der Waals surface area (Å²) >= 11 is 0. The molecule has 0 radical (unpaired) electrons. The Kier molecular flexibility index (Phi) is 2.91. The Hall–Kier alpha value is -1.05. The van der Waals surface area contributed by atoms with E-state index in [0.29, 0.717) is 17.9 Å². The molecule has 1 atom stereocenters. The molecule has 0 aromatic heterocycles. The van der Waals surface area contributed by atoms with Gasteiger partial charge in [-0.3, -0.25) is 0 Å². The zero-order valence-electron chi connectivity index (χ0n) is 8.26. The summed E-state index contributed by atoms with van der Waals surface area (Å²) in [6.45, 7) is 7.85. The standard InChI is InChI=1S/C11H16O2/c1-7(2)9-4-5-10(11(12)13)8(3)6-9/h9H,1,4-6H2,2-3H3,(H,12,13). The minimum absolute atomic E-state index is 0.489. The van der Waals surface area contributed by atoms with Gasteiger partial charge in [0.2, 0.25) is 0 Å². The van der Waals surface area contributed by atoms with E-state index in [9.17, 15) is 4.79 Å². The third-order valence-corrected chi connectivity index (χ3v) is 2.77. The molecule has 2 heteroatoms. The second-order valence-electron chi connectivity index (χ2n) is 3.85. The molecule has 0 aromatic carbocycles. The number of carboxylic acids is 1. The molecule has 0 amide bonds. The lowest BCUT2D eigenvalue weighted by atomic mass is 9.81. The highest BCUT2D eigenvalue weighted by Crippen LogP contribution is 2.32. The number of carboxylic acid groups (broad SMARTS) is 1. The van der Waals surface area contributed by atoms with Crippen LogP contribution in [0.15, 0.2) is 23.3 Å². The molecule has 1 aliphatic carbocycles. The van der Waals surface area contributed by atoms with Crippen molar-refractivity contribution in [2.24, 2.45) is 5.92 Å². The fourth-order valence-corrected chi connectivity index (χ4v) is 1.84. The maximum absolute atomic E-state index is 10.8. The molecular formula is C11H16O2. The van der Waals surface area contributed by atoms with Crippen LogP contribution in [-0.4, -0.2) is 11.1 Å². The number of aliphatic carboxylic acids is 1. The predicted molar refractivity (Wildman–Crippen MR) is 52.5 cm³/mol. The van der Waals surface area contributed by atoms with Gasteiger partial charge in [0.25, 0.3) is 0 Å². The molecule has 0 saturated heterocycles. The fourth-order valence-electron chi connectivity index (χ4n) is 1.84.